The second-order valence-corrected chi connectivity index (χ2v) is 7.76. The molecule has 0 atom stereocenters. The summed E-state index contributed by atoms with van der Waals surface area (Å²) in [5.74, 6) is 1.42. The number of aromatic nitrogens is 2. The highest BCUT2D eigenvalue weighted by atomic mass is 16.5. The number of rotatable bonds is 8. The summed E-state index contributed by atoms with van der Waals surface area (Å²) in [4.78, 5) is 26.0. The third-order valence-electron chi connectivity index (χ3n) is 5.74. The first-order chi connectivity index (χ1) is 14.7. The summed E-state index contributed by atoms with van der Waals surface area (Å²) in [6.07, 6.45) is 6.62. The average Bonchev–Trinajstić information content (AvgIpc) is 3.16. The van der Waals surface area contributed by atoms with Crippen LogP contribution in [-0.4, -0.2) is 46.6 Å². The van der Waals surface area contributed by atoms with Crippen LogP contribution in [0.25, 0.3) is 5.69 Å². The fourth-order valence-electron chi connectivity index (χ4n) is 3.94. The Morgan fingerprint density at radius 3 is 2.40 bits per heavy atom. The van der Waals surface area contributed by atoms with Crippen LogP contribution in [0.1, 0.15) is 23.2 Å². The van der Waals surface area contributed by atoms with Gasteiger partial charge < -0.3 is 4.74 Å². The van der Waals surface area contributed by atoms with Crippen LogP contribution in [0.15, 0.2) is 71.8 Å². The number of carbonyl (C=O) groups excluding carboxylic acids is 1. The SMILES string of the molecule is O=Cc1ccc(-n2ccn(CC3CCN(CCOc4ccccc4)CC3)c2=O)cc1. The number of nitrogens with zero attached hydrogens (tertiary/aromatic N) is 3. The monoisotopic (exact) mass is 405 g/mol. The quantitative estimate of drug-likeness (QED) is 0.540. The number of imidazole rings is 1. The van der Waals surface area contributed by atoms with Crippen LogP contribution < -0.4 is 10.4 Å². The van der Waals surface area contributed by atoms with E-state index in [1.54, 1.807) is 39.6 Å². The molecule has 1 aliphatic rings. The zero-order valence-corrected chi connectivity index (χ0v) is 17.0. The van der Waals surface area contributed by atoms with E-state index in [0.29, 0.717) is 18.1 Å². The van der Waals surface area contributed by atoms with Crippen molar-refractivity contribution in [2.45, 2.75) is 19.4 Å². The Balaban J connectivity index is 1.26. The van der Waals surface area contributed by atoms with Crippen molar-refractivity contribution in [1.82, 2.24) is 14.0 Å². The molecule has 4 rings (SSSR count). The summed E-state index contributed by atoms with van der Waals surface area (Å²) in [5, 5.41) is 0. The number of hydrogen-bond donors (Lipinski definition) is 0. The molecule has 1 saturated heterocycles. The van der Waals surface area contributed by atoms with Crippen molar-refractivity contribution >= 4 is 6.29 Å². The summed E-state index contributed by atoms with van der Waals surface area (Å²) in [6.45, 7) is 4.43. The van der Waals surface area contributed by atoms with Gasteiger partial charge in [-0.25, -0.2) is 4.79 Å². The highest BCUT2D eigenvalue weighted by Gasteiger charge is 2.20. The van der Waals surface area contributed by atoms with Gasteiger partial charge in [0.2, 0.25) is 0 Å². The zero-order valence-electron chi connectivity index (χ0n) is 17.0. The van der Waals surface area contributed by atoms with Gasteiger partial charge in [-0.3, -0.25) is 18.8 Å². The molecule has 6 heteroatoms. The van der Waals surface area contributed by atoms with Crippen molar-refractivity contribution in [3.63, 3.8) is 0 Å². The summed E-state index contributed by atoms with van der Waals surface area (Å²) in [5.41, 5.74) is 1.34. The molecule has 2 aromatic carbocycles. The molecule has 1 aromatic heterocycles. The highest BCUT2D eigenvalue weighted by Crippen LogP contribution is 2.19. The van der Waals surface area contributed by atoms with E-state index in [0.717, 1.165) is 56.7 Å². The maximum Gasteiger partial charge on any atom is 0.332 e. The molecule has 0 spiro atoms. The van der Waals surface area contributed by atoms with E-state index in [9.17, 15) is 9.59 Å². The number of carbonyl (C=O) groups is 1. The topological polar surface area (TPSA) is 56.5 Å². The molecular formula is C24H27N3O3. The predicted molar refractivity (Wildman–Crippen MR) is 117 cm³/mol. The largest absolute Gasteiger partial charge is 0.492 e. The van der Waals surface area contributed by atoms with Gasteiger partial charge in [0.1, 0.15) is 18.6 Å². The Kier molecular flexibility index (Phi) is 6.44. The molecule has 0 N–H and O–H groups in total. The Morgan fingerprint density at radius 1 is 0.967 bits per heavy atom. The first-order valence-electron chi connectivity index (χ1n) is 10.5. The molecule has 0 bridgehead atoms. The van der Waals surface area contributed by atoms with Gasteiger partial charge >= 0.3 is 5.69 Å². The molecule has 3 aromatic rings. The molecule has 1 aliphatic heterocycles. The number of para-hydroxylation sites is 1. The van der Waals surface area contributed by atoms with E-state index in [2.05, 4.69) is 4.90 Å². The van der Waals surface area contributed by atoms with Gasteiger partial charge in [0, 0.05) is 31.0 Å². The Labute approximate surface area is 176 Å². The minimum absolute atomic E-state index is 0.0347. The third kappa shape index (κ3) is 4.89. The fourth-order valence-corrected chi connectivity index (χ4v) is 3.94. The molecule has 156 valence electrons. The molecule has 0 radical (unpaired) electrons. The summed E-state index contributed by atoms with van der Waals surface area (Å²) in [7, 11) is 0. The molecule has 1 fully saturated rings. The van der Waals surface area contributed by atoms with Crippen molar-refractivity contribution < 1.29 is 9.53 Å². The molecule has 6 nitrogen and oxygen atoms in total. The van der Waals surface area contributed by atoms with Crippen molar-refractivity contribution in [2.75, 3.05) is 26.2 Å². The lowest BCUT2D eigenvalue weighted by Crippen LogP contribution is -2.38. The van der Waals surface area contributed by atoms with Crippen LogP contribution in [0.3, 0.4) is 0 Å². The minimum atomic E-state index is -0.0347. The Morgan fingerprint density at radius 2 is 1.70 bits per heavy atom. The van der Waals surface area contributed by atoms with Crippen molar-refractivity contribution in [2.24, 2.45) is 5.92 Å². The first kappa shape index (κ1) is 20.2. The smallest absolute Gasteiger partial charge is 0.332 e. The van der Waals surface area contributed by atoms with Gasteiger partial charge in [0.25, 0.3) is 0 Å². The molecule has 2 heterocycles. The van der Waals surface area contributed by atoms with E-state index >= 15 is 0 Å². The second kappa shape index (κ2) is 9.59. The molecule has 0 saturated carbocycles. The van der Waals surface area contributed by atoms with E-state index in [1.807, 2.05) is 36.5 Å². The summed E-state index contributed by atoms with van der Waals surface area (Å²) < 4.78 is 9.22. The van der Waals surface area contributed by atoms with Crippen molar-refractivity contribution in [3.05, 3.63) is 83.0 Å². The molecule has 0 aliphatic carbocycles. The summed E-state index contributed by atoms with van der Waals surface area (Å²) >= 11 is 0. The lowest BCUT2D eigenvalue weighted by atomic mass is 9.97. The van der Waals surface area contributed by atoms with Crippen molar-refractivity contribution in [1.29, 1.82) is 0 Å². The maximum absolute atomic E-state index is 12.8. The molecule has 30 heavy (non-hydrogen) atoms. The number of piperidine rings is 1. The predicted octanol–water partition coefficient (Wildman–Crippen LogP) is 3.24. The van der Waals surface area contributed by atoms with Crippen LogP contribution >= 0.6 is 0 Å². The van der Waals surface area contributed by atoms with Crippen LogP contribution in [-0.2, 0) is 6.54 Å². The fraction of sp³-hybridized carbons (Fsp3) is 0.333. The van der Waals surface area contributed by atoms with E-state index in [1.165, 1.54) is 0 Å². The lowest BCUT2D eigenvalue weighted by molar-refractivity contribution is 0.112. The van der Waals surface area contributed by atoms with E-state index in [4.69, 9.17) is 4.74 Å². The van der Waals surface area contributed by atoms with Gasteiger partial charge in [0.15, 0.2) is 0 Å². The molecular weight excluding hydrogens is 378 g/mol. The number of likely N-dealkylation sites (tertiary alicyclic amines) is 1. The Hall–Kier alpha value is -3.12. The number of hydrogen-bond acceptors (Lipinski definition) is 4. The maximum atomic E-state index is 12.8. The Bertz CT molecular complexity index is 1000. The third-order valence-corrected chi connectivity index (χ3v) is 5.74. The van der Waals surface area contributed by atoms with Crippen molar-refractivity contribution in [3.8, 4) is 11.4 Å². The van der Waals surface area contributed by atoms with Crippen LogP contribution in [0.2, 0.25) is 0 Å². The van der Waals surface area contributed by atoms with Gasteiger partial charge in [-0.05, 0) is 68.2 Å². The average molecular weight is 405 g/mol. The van der Waals surface area contributed by atoms with E-state index in [-0.39, 0.29) is 5.69 Å². The number of benzene rings is 2. The summed E-state index contributed by atoms with van der Waals surface area (Å²) in [6, 6.07) is 17.0. The van der Waals surface area contributed by atoms with Crippen LogP contribution in [0.4, 0.5) is 0 Å². The van der Waals surface area contributed by atoms with Crippen LogP contribution in [0, 0.1) is 5.92 Å². The van der Waals surface area contributed by atoms with Gasteiger partial charge in [-0.1, -0.05) is 18.2 Å². The second-order valence-electron chi connectivity index (χ2n) is 7.76. The number of ether oxygens (including phenoxy) is 1. The lowest BCUT2D eigenvalue weighted by Gasteiger charge is -2.31. The van der Waals surface area contributed by atoms with Gasteiger partial charge in [-0.15, -0.1) is 0 Å². The van der Waals surface area contributed by atoms with Crippen LogP contribution in [0.5, 0.6) is 5.75 Å². The first-order valence-corrected chi connectivity index (χ1v) is 10.5. The highest BCUT2D eigenvalue weighted by molar-refractivity contribution is 5.75. The minimum Gasteiger partial charge on any atom is -0.492 e. The normalized spacial score (nSPS) is 15.2. The molecule has 0 unspecified atom stereocenters. The standard InChI is InChI=1S/C24H27N3O3/c28-19-21-6-8-22(9-7-21)27-15-14-26(24(27)29)18-20-10-12-25(13-11-20)16-17-30-23-4-2-1-3-5-23/h1-9,14-15,19-20H,10-13,16-18H2. The number of aldehydes is 1. The van der Waals surface area contributed by atoms with Gasteiger partial charge in [0.05, 0.1) is 5.69 Å². The zero-order chi connectivity index (χ0) is 20.8. The molecule has 0 amide bonds. The van der Waals surface area contributed by atoms with E-state index < -0.39 is 0 Å². The van der Waals surface area contributed by atoms with Gasteiger partial charge in [-0.2, -0.15) is 0 Å².